The van der Waals surface area contributed by atoms with Crippen molar-refractivity contribution in [1.82, 2.24) is 0 Å². The fraction of sp³-hybridized carbons (Fsp3) is 0.455. The second-order valence-electron chi connectivity index (χ2n) is 3.80. The first-order valence-electron chi connectivity index (χ1n) is 4.73. The molecule has 1 aromatic carbocycles. The standard InChI is InChI=1S/C11H14ClN/c1-7-5-9-8(6-10(7)12)3-2-4-11(9)13/h5-6,11H,2-4,13H2,1H3/t11-/m0/s1. The summed E-state index contributed by atoms with van der Waals surface area (Å²) in [6, 6.07) is 4.44. The van der Waals surface area contributed by atoms with Crippen LogP contribution in [0.3, 0.4) is 0 Å². The average Bonchev–Trinajstić information content (AvgIpc) is 2.09. The van der Waals surface area contributed by atoms with Gasteiger partial charge in [0.05, 0.1) is 0 Å². The first-order valence-corrected chi connectivity index (χ1v) is 5.11. The van der Waals surface area contributed by atoms with Crippen molar-refractivity contribution in [3.63, 3.8) is 0 Å². The second kappa shape index (κ2) is 3.32. The van der Waals surface area contributed by atoms with E-state index < -0.39 is 0 Å². The fourth-order valence-electron chi connectivity index (χ4n) is 1.97. The summed E-state index contributed by atoms with van der Waals surface area (Å²) in [6.45, 7) is 2.03. The maximum Gasteiger partial charge on any atom is 0.0438 e. The van der Waals surface area contributed by atoms with Gasteiger partial charge in [0.15, 0.2) is 0 Å². The van der Waals surface area contributed by atoms with E-state index in [-0.39, 0.29) is 6.04 Å². The van der Waals surface area contributed by atoms with Crippen LogP contribution in [0.5, 0.6) is 0 Å². The molecule has 70 valence electrons. The summed E-state index contributed by atoms with van der Waals surface area (Å²) in [5.74, 6) is 0. The second-order valence-corrected chi connectivity index (χ2v) is 4.21. The Morgan fingerprint density at radius 3 is 3.00 bits per heavy atom. The van der Waals surface area contributed by atoms with Gasteiger partial charge in [-0.1, -0.05) is 17.7 Å². The average molecular weight is 196 g/mol. The quantitative estimate of drug-likeness (QED) is 0.677. The molecule has 0 heterocycles. The van der Waals surface area contributed by atoms with E-state index in [4.69, 9.17) is 17.3 Å². The SMILES string of the molecule is Cc1cc2c(cc1Cl)CCC[C@@H]2N. The molecule has 0 radical (unpaired) electrons. The Bertz CT molecular complexity index is 333. The lowest BCUT2D eigenvalue weighted by atomic mass is 9.87. The lowest BCUT2D eigenvalue weighted by molar-refractivity contribution is 0.570. The summed E-state index contributed by atoms with van der Waals surface area (Å²) < 4.78 is 0. The zero-order valence-electron chi connectivity index (χ0n) is 7.81. The molecule has 0 spiro atoms. The van der Waals surface area contributed by atoms with Gasteiger partial charge in [-0.2, -0.15) is 0 Å². The summed E-state index contributed by atoms with van der Waals surface area (Å²) >= 11 is 6.05. The van der Waals surface area contributed by atoms with E-state index in [1.165, 1.54) is 17.5 Å². The van der Waals surface area contributed by atoms with Gasteiger partial charge in [0.1, 0.15) is 0 Å². The van der Waals surface area contributed by atoms with Gasteiger partial charge in [-0.15, -0.1) is 0 Å². The molecule has 0 aliphatic heterocycles. The van der Waals surface area contributed by atoms with Gasteiger partial charge in [0, 0.05) is 11.1 Å². The molecule has 2 N–H and O–H groups in total. The summed E-state index contributed by atoms with van der Waals surface area (Å²) in [5.41, 5.74) is 9.80. The van der Waals surface area contributed by atoms with Gasteiger partial charge in [0.25, 0.3) is 0 Å². The summed E-state index contributed by atoms with van der Waals surface area (Å²) in [7, 11) is 0. The smallest absolute Gasteiger partial charge is 0.0438 e. The van der Waals surface area contributed by atoms with Crippen molar-refractivity contribution in [3.05, 3.63) is 33.8 Å². The van der Waals surface area contributed by atoms with Crippen molar-refractivity contribution in [2.75, 3.05) is 0 Å². The van der Waals surface area contributed by atoms with Crippen LogP contribution in [0, 0.1) is 6.92 Å². The molecule has 2 heteroatoms. The molecule has 2 rings (SSSR count). The summed E-state index contributed by atoms with van der Waals surface area (Å²) in [6.07, 6.45) is 3.42. The van der Waals surface area contributed by atoms with E-state index in [1.807, 2.05) is 6.92 Å². The topological polar surface area (TPSA) is 26.0 Å². The Labute approximate surface area is 83.9 Å². The van der Waals surface area contributed by atoms with Crippen LogP contribution in [0.4, 0.5) is 0 Å². The Morgan fingerprint density at radius 1 is 1.46 bits per heavy atom. The highest BCUT2D eigenvalue weighted by Crippen LogP contribution is 2.31. The van der Waals surface area contributed by atoms with Gasteiger partial charge < -0.3 is 5.73 Å². The van der Waals surface area contributed by atoms with E-state index in [0.29, 0.717) is 0 Å². The molecule has 0 saturated heterocycles. The monoisotopic (exact) mass is 195 g/mol. The molecule has 1 atom stereocenters. The van der Waals surface area contributed by atoms with Crippen molar-refractivity contribution in [3.8, 4) is 0 Å². The Morgan fingerprint density at radius 2 is 2.23 bits per heavy atom. The largest absolute Gasteiger partial charge is 0.324 e. The molecular formula is C11H14ClN. The molecule has 0 amide bonds. The molecule has 1 nitrogen and oxygen atoms in total. The van der Waals surface area contributed by atoms with E-state index in [0.717, 1.165) is 23.4 Å². The number of fused-ring (bicyclic) bond motifs is 1. The number of rotatable bonds is 0. The zero-order valence-corrected chi connectivity index (χ0v) is 8.56. The molecule has 1 aliphatic carbocycles. The van der Waals surface area contributed by atoms with E-state index in [9.17, 15) is 0 Å². The highest BCUT2D eigenvalue weighted by atomic mass is 35.5. The Hall–Kier alpha value is -0.530. The molecule has 0 unspecified atom stereocenters. The van der Waals surface area contributed by atoms with Crippen LogP contribution in [0.25, 0.3) is 0 Å². The van der Waals surface area contributed by atoms with Crippen molar-refractivity contribution in [1.29, 1.82) is 0 Å². The third-order valence-electron chi connectivity index (χ3n) is 2.78. The first kappa shape index (κ1) is 9.04. The number of aryl methyl sites for hydroxylation is 2. The minimum absolute atomic E-state index is 0.222. The molecule has 13 heavy (non-hydrogen) atoms. The minimum Gasteiger partial charge on any atom is -0.324 e. The minimum atomic E-state index is 0.222. The van der Waals surface area contributed by atoms with Gasteiger partial charge in [-0.05, 0) is 48.9 Å². The number of hydrogen-bond acceptors (Lipinski definition) is 1. The van der Waals surface area contributed by atoms with E-state index in [1.54, 1.807) is 0 Å². The first-order chi connectivity index (χ1) is 6.18. The van der Waals surface area contributed by atoms with E-state index >= 15 is 0 Å². The van der Waals surface area contributed by atoms with E-state index in [2.05, 4.69) is 12.1 Å². The molecule has 0 saturated carbocycles. The maximum atomic E-state index is 6.05. The lowest BCUT2D eigenvalue weighted by Gasteiger charge is -2.23. The zero-order chi connectivity index (χ0) is 9.42. The number of hydrogen-bond donors (Lipinski definition) is 1. The predicted octanol–water partition coefficient (Wildman–Crippen LogP) is 2.98. The Balaban J connectivity index is 2.52. The highest BCUT2D eigenvalue weighted by Gasteiger charge is 2.17. The van der Waals surface area contributed by atoms with Gasteiger partial charge >= 0.3 is 0 Å². The molecule has 0 aromatic heterocycles. The Kier molecular flexibility index (Phi) is 2.31. The van der Waals surface area contributed by atoms with Crippen molar-refractivity contribution >= 4 is 11.6 Å². The molecule has 0 fully saturated rings. The fourth-order valence-corrected chi connectivity index (χ4v) is 2.16. The predicted molar refractivity (Wildman–Crippen MR) is 56.1 cm³/mol. The number of benzene rings is 1. The summed E-state index contributed by atoms with van der Waals surface area (Å²) in [4.78, 5) is 0. The van der Waals surface area contributed by atoms with Gasteiger partial charge in [0.2, 0.25) is 0 Å². The number of halogens is 1. The molecule has 0 bridgehead atoms. The molecule has 1 aliphatic rings. The van der Waals surface area contributed by atoms with Crippen LogP contribution in [0.2, 0.25) is 5.02 Å². The molecule has 1 aromatic rings. The normalized spacial score (nSPS) is 21.3. The van der Waals surface area contributed by atoms with Crippen LogP contribution in [0.1, 0.15) is 35.6 Å². The van der Waals surface area contributed by atoms with Crippen LogP contribution < -0.4 is 5.73 Å². The van der Waals surface area contributed by atoms with Gasteiger partial charge in [-0.3, -0.25) is 0 Å². The van der Waals surface area contributed by atoms with Crippen molar-refractivity contribution in [2.24, 2.45) is 5.73 Å². The van der Waals surface area contributed by atoms with Gasteiger partial charge in [-0.25, -0.2) is 0 Å². The van der Waals surface area contributed by atoms with Crippen LogP contribution in [-0.4, -0.2) is 0 Å². The third-order valence-corrected chi connectivity index (χ3v) is 3.19. The van der Waals surface area contributed by atoms with Crippen LogP contribution >= 0.6 is 11.6 Å². The van der Waals surface area contributed by atoms with Crippen molar-refractivity contribution < 1.29 is 0 Å². The lowest BCUT2D eigenvalue weighted by Crippen LogP contribution is -2.17. The highest BCUT2D eigenvalue weighted by molar-refractivity contribution is 6.31. The maximum absolute atomic E-state index is 6.05. The molecular weight excluding hydrogens is 182 g/mol. The summed E-state index contributed by atoms with van der Waals surface area (Å²) in [5, 5.41) is 0.868. The van der Waals surface area contributed by atoms with Crippen LogP contribution in [0.15, 0.2) is 12.1 Å². The number of nitrogens with two attached hydrogens (primary N) is 1. The third kappa shape index (κ3) is 1.59. The van der Waals surface area contributed by atoms with Crippen LogP contribution in [-0.2, 0) is 6.42 Å². The van der Waals surface area contributed by atoms with Crippen molar-refractivity contribution in [2.45, 2.75) is 32.2 Å².